The van der Waals surface area contributed by atoms with Gasteiger partial charge in [-0.25, -0.2) is 4.79 Å². The van der Waals surface area contributed by atoms with Crippen LogP contribution in [0.4, 0.5) is 16.2 Å². The number of hydrogen-bond acceptors (Lipinski definition) is 5. The highest BCUT2D eigenvalue weighted by atomic mass is 16.5. The summed E-state index contributed by atoms with van der Waals surface area (Å²) in [5.41, 5.74) is 2.37. The SMILES string of the molecule is COc1cccc(NC(=O)Nc2c(C)nc(Oc3ccccc3)nc2C)c1. The average Bonchev–Trinajstić information content (AvgIpc) is 2.66. The molecule has 2 amide bonds. The van der Waals surface area contributed by atoms with Crippen molar-refractivity contribution >= 4 is 17.4 Å². The second-order valence-electron chi connectivity index (χ2n) is 5.78. The summed E-state index contributed by atoms with van der Waals surface area (Å²) in [5.74, 6) is 1.30. The van der Waals surface area contributed by atoms with E-state index in [0.29, 0.717) is 34.3 Å². The Kier molecular flexibility index (Phi) is 5.51. The fourth-order valence-electron chi connectivity index (χ4n) is 2.48. The fraction of sp³-hybridized carbons (Fsp3) is 0.150. The number of carbonyl (C=O) groups is 1. The van der Waals surface area contributed by atoms with Crippen LogP contribution in [0, 0.1) is 13.8 Å². The molecular weight excluding hydrogens is 344 g/mol. The Morgan fingerprint density at radius 2 is 1.56 bits per heavy atom. The Labute approximate surface area is 157 Å². The maximum Gasteiger partial charge on any atom is 0.323 e. The molecule has 0 radical (unpaired) electrons. The smallest absolute Gasteiger partial charge is 0.323 e. The maximum absolute atomic E-state index is 12.3. The number of benzene rings is 2. The monoisotopic (exact) mass is 364 g/mol. The van der Waals surface area contributed by atoms with Crippen LogP contribution >= 0.6 is 0 Å². The summed E-state index contributed by atoms with van der Waals surface area (Å²) in [4.78, 5) is 21.0. The molecule has 0 saturated heterocycles. The molecule has 1 heterocycles. The second kappa shape index (κ2) is 8.18. The van der Waals surface area contributed by atoms with E-state index in [2.05, 4.69) is 20.6 Å². The van der Waals surface area contributed by atoms with Crippen molar-refractivity contribution in [2.24, 2.45) is 0 Å². The van der Waals surface area contributed by atoms with Gasteiger partial charge in [-0.05, 0) is 38.1 Å². The number of carbonyl (C=O) groups excluding carboxylic acids is 1. The zero-order chi connectivity index (χ0) is 19.2. The van der Waals surface area contributed by atoms with Crippen molar-refractivity contribution in [3.05, 3.63) is 66.0 Å². The van der Waals surface area contributed by atoms with Crippen LogP contribution in [0.3, 0.4) is 0 Å². The molecule has 138 valence electrons. The molecule has 2 N–H and O–H groups in total. The van der Waals surface area contributed by atoms with E-state index in [1.54, 1.807) is 45.2 Å². The molecule has 0 spiro atoms. The third-order valence-electron chi connectivity index (χ3n) is 3.77. The van der Waals surface area contributed by atoms with Crippen molar-refractivity contribution in [3.8, 4) is 17.5 Å². The molecule has 0 fully saturated rings. The lowest BCUT2D eigenvalue weighted by molar-refractivity contribution is 0.262. The number of aromatic nitrogens is 2. The zero-order valence-corrected chi connectivity index (χ0v) is 15.3. The normalized spacial score (nSPS) is 10.2. The number of para-hydroxylation sites is 1. The van der Waals surface area contributed by atoms with Gasteiger partial charge in [0.15, 0.2) is 0 Å². The summed E-state index contributed by atoms with van der Waals surface area (Å²) in [6.07, 6.45) is 0. The van der Waals surface area contributed by atoms with Gasteiger partial charge in [0.2, 0.25) is 0 Å². The molecule has 0 unspecified atom stereocenters. The van der Waals surface area contributed by atoms with E-state index in [-0.39, 0.29) is 6.01 Å². The van der Waals surface area contributed by atoms with Gasteiger partial charge in [-0.3, -0.25) is 0 Å². The molecule has 2 aromatic carbocycles. The van der Waals surface area contributed by atoms with E-state index in [4.69, 9.17) is 9.47 Å². The number of anilines is 2. The number of nitrogens with zero attached hydrogens (tertiary/aromatic N) is 2. The number of aryl methyl sites for hydroxylation is 2. The lowest BCUT2D eigenvalue weighted by atomic mass is 10.3. The number of hydrogen-bond donors (Lipinski definition) is 2. The van der Waals surface area contributed by atoms with Gasteiger partial charge >= 0.3 is 12.0 Å². The van der Waals surface area contributed by atoms with Gasteiger partial charge < -0.3 is 20.1 Å². The molecule has 27 heavy (non-hydrogen) atoms. The molecule has 7 nitrogen and oxygen atoms in total. The summed E-state index contributed by atoms with van der Waals surface area (Å²) >= 11 is 0. The average molecular weight is 364 g/mol. The predicted octanol–water partition coefficient (Wildman–Crippen LogP) is 4.54. The molecule has 0 aliphatic rings. The van der Waals surface area contributed by atoms with Gasteiger partial charge in [0.1, 0.15) is 11.5 Å². The molecule has 0 bridgehead atoms. The number of urea groups is 1. The lowest BCUT2D eigenvalue weighted by Gasteiger charge is -2.13. The molecule has 0 atom stereocenters. The van der Waals surface area contributed by atoms with Crippen molar-refractivity contribution in [1.29, 1.82) is 0 Å². The topological polar surface area (TPSA) is 85.4 Å². The van der Waals surface area contributed by atoms with E-state index >= 15 is 0 Å². The maximum atomic E-state index is 12.3. The standard InChI is InChI=1S/C20H20N4O3/c1-13-18(24-19(25)23-15-8-7-11-17(12-15)26-3)14(2)22-20(21-13)27-16-9-5-4-6-10-16/h4-12H,1-3H3,(H2,23,24,25). The van der Waals surface area contributed by atoms with E-state index in [1.807, 2.05) is 30.3 Å². The highest BCUT2D eigenvalue weighted by Gasteiger charge is 2.13. The van der Waals surface area contributed by atoms with Gasteiger partial charge in [-0.2, -0.15) is 9.97 Å². The van der Waals surface area contributed by atoms with E-state index in [0.717, 1.165) is 0 Å². The fourth-order valence-corrected chi connectivity index (χ4v) is 2.48. The van der Waals surface area contributed by atoms with Crippen molar-refractivity contribution in [2.45, 2.75) is 13.8 Å². The molecule has 1 aromatic heterocycles. The van der Waals surface area contributed by atoms with Crippen LogP contribution in [0.25, 0.3) is 0 Å². The van der Waals surface area contributed by atoms with Gasteiger partial charge in [0.05, 0.1) is 24.2 Å². The van der Waals surface area contributed by atoms with Gasteiger partial charge in [-0.15, -0.1) is 0 Å². The highest BCUT2D eigenvalue weighted by molar-refractivity contribution is 6.00. The van der Waals surface area contributed by atoms with Gasteiger partial charge in [-0.1, -0.05) is 24.3 Å². The third-order valence-corrected chi connectivity index (χ3v) is 3.77. The minimum atomic E-state index is -0.394. The predicted molar refractivity (Wildman–Crippen MR) is 104 cm³/mol. The highest BCUT2D eigenvalue weighted by Crippen LogP contribution is 2.23. The number of nitrogens with one attached hydrogen (secondary N) is 2. The van der Waals surface area contributed by atoms with Crippen LogP contribution in [0.1, 0.15) is 11.4 Å². The Hall–Kier alpha value is -3.61. The summed E-state index contributed by atoms with van der Waals surface area (Å²) in [6.45, 7) is 3.57. The van der Waals surface area contributed by atoms with Crippen molar-refractivity contribution in [2.75, 3.05) is 17.7 Å². The van der Waals surface area contributed by atoms with Crippen LogP contribution in [0.2, 0.25) is 0 Å². The zero-order valence-electron chi connectivity index (χ0n) is 15.3. The van der Waals surface area contributed by atoms with E-state index < -0.39 is 6.03 Å². The van der Waals surface area contributed by atoms with Crippen LogP contribution in [0.15, 0.2) is 54.6 Å². The van der Waals surface area contributed by atoms with Gasteiger partial charge in [0, 0.05) is 11.8 Å². The molecule has 0 aliphatic heterocycles. The Morgan fingerprint density at radius 1 is 0.889 bits per heavy atom. The Morgan fingerprint density at radius 3 is 2.22 bits per heavy atom. The second-order valence-corrected chi connectivity index (χ2v) is 5.78. The Bertz CT molecular complexity index is 922. The number of amides is 2. The molecule has 0 saturated carbocycles. The van der Waals surface area contributed by atoms with Crippen LogP contribution in [-0.4, -0.2) is 23.1 Å². The van der Waals surface area contributed by atoms with Crippen molar-refractivity contribution < 1.29 is 14.3 Å². The minimum Gasteiger partial charge on any atom is -0.497 e. The van der Waals surface area contributed by atoms with Crippen molar-refractivity contribution in [3.63, 3.8) is 0 Å². The van der Waals surface area contributed by atoms with E-state index in [1.165, 1.54) is 0 Å². The van der Waals surface area contributed by atoms with Crippen LogP contribution in [0.5, 0.6) is 17.5 Å². The summed E-state index contributed by atoms with van der Waals surface area (Å²) < 4.78 is 10.8. The molecule has 3 aromatic rings. The van der Waals surface area contributed by atoms with E-state index in [9.17, 15) is 4.79 Å². The largest absolute Gasteiger partial charge is 0.497 e. The van der Waals surface area contributed by atoms with Crippen LogP contribution < -0.4 is 20.1 Å². The minimum absolute atomic E-state index is 0.231. The first-order valence-corrected chi connectivity index (χ1v) is 8.35. The first-order valence-electron chi connectivity index (χ1n) is 8.35. The van der Waals surface area contributed by atoms with Crippen molar-refractivity contribution in [1.82, 2.24) is 9.97 Å². The Balaban J connectivity index is 1.71. The summed E-state index contributed by atoms with van der Waals surface area (Å²) in [5, 5.41) is 5.54. The third kappa shape index (κ3) is 4.72. The summed E-state index contributed by atoms with van der Waals surface area (Å²) in [6, 6.07) is 16.2. The van der Waals surface area contributed by atoms with Gasteiger partial charge in [0.25, 0.3) is 0 Å². The quantitative estimate of drug-likeness (QED) is 0.694. The first kappa shape index (κ1) is 18.2. The number of methoxy groups -OCH3 is 1. The summed E-state index contributed by atoms with van der Waals surface area (Å²) in [7, 11) is 1.57. The molecular formula is C20H20N4O3. The first-order chi connectivity index (χ1) is 13.0. The molecule has 7 heteroatoms. The number of rotatable bonds is 5. The molecule has 3 rings (SSSR count). The van der Waals surface area contributed by atoms with Crippen LogP contribution in [-0.2, 0) is 0 Å². The number of ether oxygens (including phenoxy) is 2. The molecule has 0 aliphatic carbocycles. The lowest BCUT2D eigenvalue weighted by Crippen LogP contribution is -2.21.